The Morgan fingerprint density at radius 1 is 0.260 bits per heavy atom. The van der Waals surface area contributed by atoms with Crippen molar-refractivity contribution in [2.24, 2.45) is 0 Å². The van der Waals surface area contributed by atoms with Crippen molar-refractivity contribution in [1.82, 2.24) is 0 Å². The van der Waals surface area contributed by atoms with Crippen molar-refractivity contribution in [2.75, 3.05) is 13.2 Å². The maximum absolute atomic E-state index is 12.9. The van der Waals surface area contributed by atoms with Crippen molar-refractivity contribution in [3.63, 3.8) is 0 Å². The molecule has 0 aliphatic rings. The van der Waals surface area contributed by atoms with Crippen LogP contribution in [0, 0.1) is 0 Å². The highest BCUT2D eigenvalue weighted by Gasteiger charge is 2.19. The molecule has 6 heteroatoms. The summed E-state index contributed by atoms with van der Waals surface area (Å²) in [5.74, 6) is -0.914. The zero-order valence-corrected chi connectivity index (χ0v) is 50.7. The molecule has 0 saturated carbocycles. The third kappa shape index (κ3) is 63.0. The van der Waals surface area contributed by atoms with E-state index >= 15 is 0 Å². The van der Waals surface area contributed by atoms with Crippen LogP contribution in [-0.2, 0) is 28.6 Å². The molecular weight excluding hydrogens is 949 g/mol. The van der Waals surface area contributed by atoms with E-state index in [0.717, 1.165) is 116 Å². The number of allylic oxidation sites excluding steroid dienone is 16. The van der Waals surface area contributed by atoms with Crippen LogP contribution in [0.1, 0.15) is 316 Å². The number of unbranched alkanes of at least 4 members (excludes halogenated alkanes) is 32. The van der Waals surface area contributed by atoms with Crippen LogP contribution in [0.2, 0.25) is 0 Å². The predicted molar refractivity (Wildman–Crippen MR) is 334 cm³/mol. The fourth-order valence-electron chi connectivity index (χ4n) is 9.08. The molecule has 6 nitrogen and oxygen atoms in total. The summed E-state index contributed by atoms with van der Waals surface area (Å²) in [6, 6.07) is 0. The largest absolute Gasteiger partial charge is 0.462 e. The van der Waals surface area contributed by atoms with E-state index in [0.29, 0.717) is 19.3 Å². The van der Waals surface area contributed by atoms with E-state index < -0.39 is 6.10 Å². The molecule has 442 valence electrons. The minimum atomic E-state index is -0.797. The lowest BCUT2D eigenvalue weighted by Crippen LogP contribution is -2.30. The number of carbonyl (C=O) groups excluding carboxylic acids is 3. The Morgan fingerprint density at radius 2 is 0.468 bits per heavy atom. The fraction of sp³-hybridized carbons (Fsp3) is 0.732. The topological polar surface area (TPSA) is 78.9 Å². The minimum absolute atomic E-state index is 0.0915. The van der Waals surface area contributed by atoms with E-state index in [-0.39, 0.29) is 31.1 Å². The van der Waals surface area contributed by atoms with Crippen LogP contribution in [0.25, 0.3) is 0 Å². The van der Waals surface area contributed by atoms with Gasteiger partial charge in [0, 0.05) is 19.3 Å². The Kier molecular flexibility index (Phi) is 61.8. The molecule has 0 aromatic heterocycles. The van der Waals surface area contributed by atoms with Gasteiger partial charge >= 0.3 is 17.9 Å². The van der Waals surface area contributed by atoms with Gasteiger partial charge in [-0.3, -0.25) is 14.4 Å². The van der Waals surface area contributed by atoms with Gasteiger partial charge in [-0.1, -0.05) is 266 Å². The van der Waals surface area contributed by atoms with Crippen LogP contribution >= 0.6 is 0 Å². The van der Waals surface area contributed by atoms with E-state index in [1.807, 2.05) is 0 Å². The SMILES string of the molecule is CCCCC/C=C\C/C=C\CCCCCCCCCC(=O)OCC(COC(=O)CCCCCCCC/C=C\C/C=C\C/C=C\CCCCCCC)OC(=O)CCCCCCCC/C=C\C/C=C\C/C=C\CCCCCCC. The predicted octanol–water partition coefficient (Wildman–Crippen LogP) is 22.4. The molecule has 0 aliphatic heterocycles. The van der Waals surface area contributed by atoms with Crippen LogP contribution < -0.4 is 0 Å². The van der Waals surface area contributed by atoms with Gasteiger partial charge in [-0.2, -0.15) is 0 Å². The zero-order valence-electron chi connectivity index (χ0n) is 50.7. The molecule has 0 spiro atoms. The van der Waals surface area contributed by atoms with Gasteiger partial charge in [-0.05, 0) is 128 Å². The van der Waals surface area contributed by atoms with Crippen molar-refractivity contribution in [2.45, 2.75) is 322 Å². The summed E-state index contributed by atoms with van der Waals surface area (Å²) >= 11 is 0. The van der Waals surface area contributed by atoms with E-state index in [4.69, 9.17) is 14.2 Å². The molecule has 1 unspecified atom stereocenters. The summed E-state index contributed by atoms with van der Waals surface area (Å²) in [7, 11) is 0. The maximum Gasteiger partial charge on any atom is 0.306 e. The molecule has 0 amide bonds. The second kappa shape index (κ2) is 64.9. The number of ether oxygens (including phenoxy) is 3. The minimum Gasteiger partial charge on any atom is -0.462 e. The fourth-order valence-corrected chi connectivity index (χ4v) is 9.08. The summed E-state index contributed by atoms with van der Waals surface area (Å²) < 4.78 is 16.9. The standard InChI is InChI=1S/C71H122O6/c1-4-7-10-13-16-19-22-25-28-31-33-35-37-40-43-46-49-52-55-58-61-64-70(73)76-67-68(66-75-69(72)63-60-57-54-51-48-45-42-39-30-27-24-21-18-15-12-9-6-3)77-71(74)65-62-59-56-53-50-47-44-41-38-36-34-32-29-26-23-20-17-14-11-8-5-2/h18,21-23,25-27,30-34,37-38,40-41,68H,4-17,19-20,24,28-29,35-36,39,42-67H2,1-3H3/b21-18-,25-22-,26-23-,30-27-,33-31-,34-32-,40-37-,41-38-. The van der Waals surface area contributed by atoms with Crippen molar-refractivity contribution in [1.29, 1.82) is 0 Å². The molecular formula is C71H122O6. The quantitative estimate of drug-likeness (QED) is 0.0261. The average Bonchev–Trinajstić information content (AvgIpc) is 3.43. The lowest BCUT2D eigenvalue weighted by atomic mass is 10.1. The Bertz CT molecular complexity index is 1510. The molecule has 0 heterocycles. The summed E-state index contributed by atoms with van der Waals surface area (Å²) in [5.41, 5.74) is 0. The monoisotopic (exact) mass is 1070 g/mol. The number of rotatable bonds is 59. The second-order valence-electron chi connectivity index (χ2n) is 21.7. The van der Waals surface area contributed by atoms with Crippen LogP contribution in [0.4, 0.5) is 0 Å². The first-order valence-corrected chi connectivity index (χ1v) is 32.7. The van der Waals surface area contributed by atoms with Gasteiger partial charge in [0.1, 0.15) is 13.2 Å². The van der Waals surface area contributed by atoms with Crippen LogP contribution in [-0.4, -0.2) is 37.2 Å². The highest BCUT2D eigenvalue weighted by molar-refractivity contribution is 5.71. The van der Waals surface area contributed by atoms with Crippen molar-refractivity contribution in [3.8, 4) is 0 Å². The third-order valence-corrected chi connectivity index (χ3v) is 14.0. The third-order valence-electron chi connectivity index (χ3n) is 14.0. The number of hydrogen-bond donors (Lipinski definition) is 0. The molecule has 77 heavy (non-hydrogen) atoms. The zero-order chi connectivity index (χ0) is 55.7. The molecule has 0 saturated heterocycles. The van der Waals surface area contributed by atoms with Gasteiger partial charge in [0.15, 0.2) is 6.10 Å². The first-order valence-electron chi connectivity index (χ1n) is 32.7. The lowest BCUT2D eigenvalue weighted by Gasteiger charge is -2.18. The highest BCUT2D eigenvalue weighted by Crippen LogP contribution is 2.15. The van der Waals surface area contributed by atoms with Crippen LogP contribution in [0.15, 0.2) is 97.2 Å². The number of hydrogen-bond acceptors (Lipinski definition) is 6. The Morgan fingerprint density at radius 3 is 0.753 bits per heavy atom. The van der Waals surface area contributed by atoms with E-state index in [1.54, 1.807) is 0 Å². The summed E-state index contributed by atoms with van der Waals surface area (Å²) in [6.07, 6.45) is 86.8. The first-order chi connectivity index (χ1) is 38.0. The smallest absolute Gasteiger partial charge is 0.306 e. The normalized spacial score (nSPS) is 12.7. The molecule has 0 N–H and O–H groups in total. The van der Waals surface area contributed by atoms with Gasteiger partial charge in [0.25, 0.3) is 0 Å². The number of carbonyl (C=O) groups is 3. The van der Waals surface area contributed by atoms with Crippen molar-refractivity contribution < 1.29 is 28.6 Å². The Balaban J connectivity index is 4.45. The van der Waals surface area contributed by atoms with E-state index in [1.165, 1.54) is 161 Å². The second-order valence-corrected chi connectivity index (χ2v) is 21.7. The van der Waals surface area contributed by atoms with Crippen LogP contribution in [0.3, 0.4) is 0 Å². The first kappa shape index (κ1) is 73.3. The highest BCUT2D eigenvalue weighted by atomic mass is 16.6. The average molecular weight is 1070 g/mol. The molecule has 0 aromatic rings. The van der Waals surface area contributed by atoms with Crippen LogP contribution in [0.5, 0.6) is 0 Å². The molecule has 0 fully saturated rings. The maximum atomic E-state index is 12.9. The molecule has 0 bridgehead atoms. The van der Waals surface area contributed by atoms with Gasteiger partial charge in [-0.25, -0.2) is 0 Å². The van der Waals surface area contributed by atoms with E-state index in [9.17, 15) is 14.4 Å². The lowest BCUT2D eigenvalue weighted by molar-refractivity contribution is -0.167. The van der Waals surface area contributed by atoms with Crippen molar-refractivity contribution >= 4 is 17.9 Å². The Hall–Kier alpha value is -3.67. The Labute approximate surface area is 477 Å². The van der Waals surface area contributed by atoms with Gasteiger partial charge < -0.3 is 14.2 Å². The summed E-state index contributed by atoms with van der Waals surface area (Å²) in [6.45, 7) is 6.59. The van der Waals surface area contributed by atoms with Gasteiger partial charge in [-0.15, -0.1) is 0 Å². The van der Waals surface area contributed by atoms with Gasteiger partial charge in [0.2, 0.25) is 0 Å². The summed E-state index contributed by atoms with van der Waals surface area (Å²) in [4.78, 5) is 38.4. The van der Waals surface area contributed by atoms with Gasteiger partial charge in [0.05, 0.1) is 0 Å². The van der Waals surface area contributed by atoms with E-state index in [2.05, 4.69) is 118 Å². The molecule has 0 aliphatic carbocycles. The van der Waals surface area contributed by atoms with Crippen molar-refractivity contribution in [3.05, 3.63) is 97.2 Å². The number of esters is 3. The molecule has 0 rings (SSSR count). The molecule has 0 aromatic carbocycles. The summed E-state index contributed by atoms with van der Waals surface area (Å²) in [5, 5.41) is 0. The molecule has 0 radical (unpaired) electrons. The molecule has 1 atom stereocenters.